The van der Waals surface area contributed by atoms with Gasteiger partial charge in [0.2, 0.25) is 0 Å². The quantitative estimate of drug-likeness (QED) is 0.556. The molecule has 0 spiro atoms. The first kappa shape index (κ1) is 7.29. The summed E-state index contributed by atoms with van der Waals surface area (Å²) in [6.07, 6.45) is 8.24. The minimum Gasteiger partial charge on any atom is -0.299 e. The van der Waals surface area contributed by atoms with E-state index in [1.165, 1.54) is 5.57 Å². The number of hydrogen-bond acceptors (Lipinski definition) is 1. The molecule has 1 rings (SSSR count). The van der Waals surface area contributed by atoms with E-state index < -0.39 is 0 Å². The Morgan fingerprint density at radius 3 is 2.70 bits per heavy atom. The van der Waals surface area contributed by atoms with Gasteiger partial charge in [-0.15, -0.1) is 0 Å². The zero-order valence-electron chi connectivity index (χ0n) is 6.54. The molecule has 0 saturated carbocycles. The predicted octanol–water partition coefficient (Wildman–Crippen LogP) is 1.60. The molecule has 1 unspecified atom stereocenters. The fraction of sp³-hybridized carbons (Fsp3) is 0.333. The summed E-state index contributed by atoms with van der Waals surface area (Å²) < 4.78 is 0. The van der Waals surface area contributed by atoms with E-state index in [4.69, 9.17) is 0 Å². The normalized spacial score (nSPS) is 23.5. The van der Waals surface area contributed by atoms with Crippen molar-refractivity contribution in [3.05, 3.63) is 36.5 Å². The topological polar surface area (TPSA) is 3.24 Å². The molecule has 0 radical (unpaired) electrons. The van der Waals surface area contributed by atoms with Crippen LogP contribution in [0.15, 0.2) is 36.5 Å². The molecule has 0 fully saturated rings. The minimum atomic E-state index is 0.442. The zero-order chi connectivity index (χ0) is 7.56. The molecule has 1 aliphatic rings. The molecule has 1 heteroatoms. The molecule has 10 heavy (non-hydrogen) atoms. The molecule has 0 amide bonds. The van der Waals surface area contributed by atoms with Gasteiger partial charge >= 0.3 is 0 Å². The number of hydrogen-bond donors (Lipinski definition) is 0. The summed E-state index contributed by atoms with van der Waals surface area (Å²) in [4.78, 5) is 2.16. The maximum Gasteiger partial charge on any atom is 0.0529 e. The van der Waals surface area contributed by atoms with E-state index in [1.807, 2.05) is 6.08 Å². The van der Waals surface area contributed by atoms with Crippen molar-refractivity contribution >= 4 is 0 Å². The van der Waals surface area contributed by atoms with Gasteiger partial charge in [0.1, 0.15) is 0 Å². The van der Waals surface area contributed by atoms with Gasteiger partial charge in [-0.25, -0.2) is 0 Å². The summed E-state index contributed by atoms with van der Waals surface area (Å²) >= 11 is 0. The van der Waals surface area contributed by atoms with Crippen molar-refractivity contribution in [1.29, 1.82) is 0 Å². The first-order chi connectivity index (χ1) is 4.75. The summed E-state index contributed by atoms with van der Waals surface area (Å²) in [7, 11) is 4.13. The van der Waals surface area contributed by atoms with Gasteiger partial charge in [0.05, 0.1) is 6.04 Å². The van der Waals surface area contributed by atoms with Gasteiger partial charge in [0.25, 0.3) is 0 Å². The second-order valence-electron chi connectivity index (χ2n) is 2.66. The number of likely N-dealkylation sites (N-methyl/N-ethyl adjacent to an activating group) is 1. The fourth-order valence-electron chi connectivity index (χ4n) is 1.14. The van der Waals surface area contributed by atoms with Crippen LogP contribution in [0.4, 0.5) is 0 Å². The van der Waals surface area contributed by atoms with Crippen molar-refractivity contribution in [1.82, 2.24) is 4.90 Å². The van der Waals surface area contributed by atoms with Crippen LogP contribution in [0.2, 0.25) is 0 Å². The SMILES string of the molecule is C=CC1=CC=CC1N(C)C. The third-order valence-electron chi connectivity index (χ3n) is 1.72. The van der Waals surface area contributed by atoms with Crippen LogP contribution in [-0.4, -0.2) is 25.0 Å². The van der Waals surface area contributed by atoms with Crippen LogP contribution in [0.5, 0.6) is 0 Å². The van der Waals surface area contributed by atoms with E-state index >= 15 is 0 Å². The van der Waals surface area contributed by atoms with Gasteiger partial charge in [-0.3, -0.25) is 4.90 Å². The Labute approximate surface area is 62.3 Å². The van der Waals surface area contributed by atoms with Crippen LogP contribution in [0.3, 0.4) is 0 Å². The lowest BCUT2D eigenvalue weighted by atomic mass is 10.1. The highest BCUT2D eigenvalue weighted by Gasteiger charge is 2.12. The molecule has 0 N–H and O–H groups in total. The van der Waals surface area contributed by atoms with Crippen molar-refractivity contribution in [2.75, 3.05) is 14.1 Å². The van der Waals surface area contributed by atoms with Crippen LogP contribution >= 0.6 is 0 Å². The third kappa shape index (κ3) is 1.19. The maximum atomic E-state index is 3.74. The molecule has 0 heterocycles. The summed E-state index contributed by atoms with van der Waals surface area (Å²) in [5, 5.41) is 0. The molecule has 0 aromatic rings. The molecular weight excluding hydrogens is 122 g/mol. The Balaban J connectivity index is 2.71. The molecule has 54 valence electrons. The van der Waals surface area contributed by atoms with E-state index in [1.54, 1.807) is 0 Å². The fourth-order valence-corrected chi connectivity index (χ4v) is 1.14. The van der Waals surface area contributed by atoms with Crippen LogP contribution in [-0.2, 0) is 0 Å². The van der Waals surface area contributed by atoms with E-state index in [0.717, 1.165) is 0 Å². The van der Waals surface area contributed by atoms with Crippen molar-refractivity contribution in [3.63, 3.8) is 0 Å². The summed E-state index contributed by atoms with van der Waals surface area (Å²) in [6.45, 7) is 3.74. The molecule has 1 nitrogen and oxygen atoms in total. The average molecular weight is 135 g/mol. The van der Waals surface area contributed by atoms with E-state index in [9.17, 15) is 0 Å². The zero-order valence-corrected chi connectivity index (χ0v) is 6.54. The van der Waals surface area contributed by atoms with Crippen molar-refractivity contribution in [2.45, 2.75) is 6.04 Å². The largest absolute Gasteiger partial charge is 0.299 e. The molecule has 0 aromatic carbocycles. The lowest BCUT2D eigenvalue weighted by Gasteiger charge is -2.18. The molecule has 0 saturated heterocycles. The summed E-state index contributed by atoms with van der Waals surface area (Å²) in [5.41, 5.74) is 1.28. The van der Waals surface area contributed by atoms with Crippen molar-refractivity contribution in [2.24, 2.45) is 0 Å². The minimum absolute atomic E-state index is 0.442. The average Bonchev–Trinajstić information content (AvgIpc) is 2.33. The summed E-state index contributed by atoms with van der Waals surface area (Å²) in [5.74, 6) is 0. The molecule has 0 aromatic heterocycles. The van der Waals surface area contributed by atoms with E-state index in [2.05, 4.69) is 43.8 Å². The Hall–Kier alpha value is -0.820. The van der Waals surface area contributed by atoms with Crippen molar-refractivity contribution in [3.8, 4) is 0 Å². The first-order valence-corrected chi connectivity index (χ1v) is 3.43. The lowest BCUT2D eigenvalue weighted by Crippen LogP contribution is -2.25. The molecule has 0 bridgehead atoms. The predicted molar refractivity (Wildman–Crippen MR) is 44.9 cm³/mol. The Morgan fingerprint density at radius 2 is 2.30 bits per heavy atom. The van der Waals surface area contributed by atoms with Gasteiger partial charge in [-0.2, -0.15) is 0 Å². The number of rotatable bonds is 2. The highest BCUT2D eigenvalue weighted by atomic mass is 15.1. The second kappa shape index (κ2) is 2.84. The monoisotopic (exact) mass is 135 g/mol. The van der Waals surface area contributed by atoms with Gasteiger partial charge in [0, 0.05) is 0 Å². The maximum absolute atomic E-state index is 3.74. The highest BCUT2D eigenvalue weighted by Crippen LogP contribution is 2.15. The van der Waals surface area contributed by atoms with Gasteiger partial charge in [-0.1, -0.05) is 30.9 Å². The smallest absolute Gasteiger partial charge is 0.0529 e. The van der Waals surface area contributed by atoms with Crippen LogP contribution in [0.1, 0.15) is 0 Å². The van der Waals surface area contributed by atoms with E-state index in [0.29, 0.717) is 6.04 Å². The number of nitrogens with zero attached hydrogens (tertiary/aromatic N) is 1. The Bertz CT molecular complexity index is 187. The van der Waals surface area contributed by atoms with Crippen LogP contribution in [0.25, 0.3) is 0 Å². The standard InChI is InChI=1S/C9H13N/c1-4-8-6-5-7-9(8)10(2)3/h4-7,9H,1H2,2-3H3. The lowest BCUT2D eigenvalue weighted by molar-refractivity contribution is 0.385. The molecule has 1 atom stereocenters. The molecule has 1 aliphatic carbocycles. The first-order valence-electron chi connectivity index (χ1n) is 3.43. The van der Waals surface area contributed by atoms with Crippen molar-refractivity contribution < 1.29 is 0 Å². The van der Waals surface area contributed by atoms with Gasteiger partial charge in [-0.05, 0) is 19.7 Å². The van der Waals surface area contributed by atoms with Gasteiger partial charge < -0.3 is 0 Å². The van der Waals surface area contributed by atoms with Crippen LogP contribution in [0, 0.1) is 0 Å². The molecule has 0 aliphatic heterocycles. The van der Waals surface area contributed by atoms with E-state index in [-0.39, 0.29) is 0 Å². The third-order valence-corrected chi connectivity index (χ3v) is 1.72. The van der Waals surface area contributed by atoms with Crippen LogP contribution < -0.4 is 0 Å². The Morgan fingerprint density at radius 1 is 1.60 bits per heavy atom. The number of allylic oxidation sites excluding steroid dienone is 2. The Kier molecular flexibility index (Phi) is 2.07. The summed E-state index contributed by atoms with van der Waals surface area (Å²) in [6, 6.07) is 0.442. The van der Waals surface area contributed by atoms with Gasteiger partial charge in [0.15, 0.2) is 0 Å². The second-order valence-corrected chi connectivity index (χ2v) is 2.66. The molecular formula is C9H13N. The highest BCUT2D eigenvalue weighted by molar-refractivity contribution is 5.37.